The standard InChI is InChI=1S/C12H21N3OS/c1-9-6-8-17-12(14-9)13-7-2-3-11(16)15-10-4-5-10/h9-10H,2-8H2,1H3,(H,13,14)(H,15,16). The first-order valence-corrected chi connectivity index (χ1v) is 7.46. The van der Waals surface area contributed by atoms with Crippen molar-refractivity contribution in [2.24, 2.45) is 4.99 Å². The third kappa shape index (κ3) is 4.98. The molecule has 1 aliphatic heterocycles. The third-order valence-electron chi connectivity index (χ3n) is 2.92. The smallest absolute Gasteiger partial charge is 0.220 e. The molecule has 0 aromatic heterocycles. The zero-order valence-corrected chi connectivity index (χ0v) is 11.2. The number of rotatable bonds is 5. The van der Waals surface area contributed by atoms with Gasteiger partial charge in [0.1, 0.15) is 0 Å². The van der Waals surface area contributed by atoms with Gasteiger partial charge in [0.15, 0.2) is 5.17 Å². The Bertz CT molecular complexity index is 302. The highest BCUT2D eigenvalue weighted by Crippen LogP contribution is 2.18. The summed E-state index contributed by atoms with van der Waals surface area (Å²) in [7, 11) is 0. The van der Waals surface area contributed by atoms with E-state index in [4.69, 9.17) is 0 Å². The predicted octanol–water partition coefficient (Wildman–Crippen LogP) is 1.52. The van der Waals surface area contributed by atoms with Crippen molar-refractivity contribution in [2.75, 3.05) is 12.3 Å². The van der Waals surface area contributed by atoms with Gasteiger partial charge in [0, 0.05) is 30.8 Å². The number of carbonyl (C=O) groups excluding carboxylic acids is 1. The Morgan fingerprint density at radius 2 is 2.35 bits per heavy atom. The minimum Gasteiger partial charge on any atom is -0.362 e. The highest BCUT2D eigenvalue weighted by atomic mass is 32.2. The molecular weight excluding hydrogens is 234 g/mol. The summed E-state index contributed by atoms with van der Waals surface area (Å²) in [6.07, 6.45) is 4.97. The van der Waals surface area contributed by atoms with Gasteiger partial charge in [-0.15, -0.1) is 0 Å². The van der Waals surface area contributed by atoms with Crippen LogP contribution in [0.1, 0.15) is 39.0 Å². The monoisotopic (exact) mass is 255 g/mol. The van der Waals surface area contributed by atoms with Crippen molar-refractivity contribution >= 4 is 22.8 Å². The summed E-state index contributed by atoms with van der Waals surface area (Å²) in [4.78, 5) is 15.9. The largest absolute Gasteiger partial charge is 0.362 e. The summed E-state index contributed by atoms with van der Waals surface area (Å²) in [6, 6.07) is 1.01. The molecule has 1 saturated heterocycles. The van der Waals surface area contributed by atoms with Crippen LogP contribution >= 0.6 is 11.8 Å². The van der Waals surface area contributed by atoms with Gasteiger partial charge in [-0.1, -0.05) is 11.8 Å². The van der Waals surface area contributed by atoms with Gasteiger partial charge >= 0.3 is 0 Å². The second kappa shape index (κ2) is 6.28. The van der Waals surface area contributed by atoms with E-state index in [2.05, 4.69) is 22.5 Å². The van der Waals surface area contributed by atoms with Crippen molar-refractivity contribution in [3.63, 3.8) is 0 Å². The predicted molar refractivity (Wildman–Crippen MR) is 72.4 cm³/mol. The Hall–Kier alpha value is -0.710. The molecule has 0 spiro atoms. The fraction of sp³-hybridized carbons (Fsp3) is 0.833. The van der Waals surface area contributed by atoms with Gasteiger partial charge < -0.3 is 10.6 Å². The van der Waals surface area contributed by atoms with Gasteiger partial charge in [-0.25, -0.2) is 0 Å². The van der Waals surface area contributed by atoms with Crippen LogP contribution in [0.25, 0.3) is 0 Å². The lowest BCUT2D eigenvalue weighted by Gasteiger charge is -2.21. The molecule has 2 rings (SSSR count). The number of nitrogens with one attached hydrogen (secondary N) is 2. The zero-order valence-electron chi connectivity index (χ0n) is 10.4. The highest BCUT2D eigenvalue weighted by Gasteiger charge is 2.22. The van der Waals surface area contributed by atoms with Crippen molar-refractivity contribution in [2.45, 2.75) is 51.1 Å². The van der Waals surface area contributed by atoms with Crippen molar-refractivity contribution in [1.29, 1.82) is 0 Å². The molecule has 1 aliphatic carbocycles. The lowest BCUT2D eigenvalue weighted by molar-refractivity contribution is -0.121. The van der Waals surface area contributed by atoms with Crippen LogP contribution in [0, 0.1) is 0 Å². The van der Waals surface area contributed by atoms with E-state index in [1.165, 1.54) is 6.42 Å². The molecule has 1 amide bonds. The van der Waals surface area contributed by atoms with Crippen molar-refractivity contribution < 1.29 is 4.79 Å². The van der Waals surface area contributed by atoms with E-state index in [0.29, 0.717) is 18.5 Å². The highest BCUT2D eigenvalue weighted by molar-refractivity contribution is 8.13. The number of nitrogens with zero attached hydrogens (tertiary/aromatic N) is 1. The second-order valence-electron chi connectivity index (χ2n) is 4.81. The number of hydrogen-bond donors (Lipinski definition) is 2. The van der Waals surface area contributed by atoms with Gasteiger partial charge in [-0.2, -0.15) is 0 Å². The molecule has 4 nitrogen and oxygen atoms in total. The minimum atomic E-state index is 0.185. The van der Waals surface area contributed by atoms with E-state index in [-0.39, 0.29) is 5.91 Å². The molecule has 0 aromatic carbocycles. The number of hydrogen-bond acceptors (Lipinski definition) is 3. The SMILES string of the molecule is CC1CCSC(=NCCCC(=O)NC2CC2)N1. The van der Waals surface area contributed by atoms with E-state index in [1.54, 1.807) is 11.8 Å². The topological polar surface area (TPSA) is 53.5 Å². The minimum absolute atomic E-state index is 0.185. The van der Waals surface area contributed by atoms with Crippen LogP contribution in [0.3, 0.4) is 0 Å². The fourth-order valence-electron chi connectivity index (χ4n) is 1.70. The number of aliphatic imine (C=N–C) groups is 1. The summed E-state index contributed by atoms with van der Waals surface area (Å²) in [6.45, 7) is 2.93. The molecule has 1 saturated carbocycles. The summed E-state index contributed by atoms with van der Waals surface area (Å²) >= 11 is 1.78. The van der Waals surface area contributed by atoms with Crippen LogP contribution in [0.15, 0.2) is 4.99 Å². The lowest BCUT2D eigenvalue weighted by atomic mass is 10.3. The van der Waals surface area contributed by atoms with Gasteiger partial charge in [0.05, 0.1) is 0 Å². The fourth-order valence-corrected chi connectivity index (χ4v) is 2.83. The van der Waals surface area contributed by atoms with Crippen LogP contribution in [0.4, 0.5) is 0 Å². The number of amides is 1. The van der Waals surface area contributed by atoms with Crippen molar-refractivity contribution in [3.05, 3.63) is 0 Å². The molecule has 0 aromatic rings. The third-order valence-corrected chi connectivity index (χ3v) is 3.88. The maximum absolute atomic E-state index is 11.4. The molecule has 17 heavy (non-hydrogen) atoms. The Kier molecular flexibility index (Phi) is 4.71. The van der Waals surface area contributed by atoms with E-state index in [0.717, 1.165) is 36.7 Å². The first kappa shape index (κ1) is 12.7. The van der Waals surface area contributed by atoms with Crippen LogP contribution in [0.5, 0.6) is 0 Å². The Labute approximate surface area is 107 Å². The number of thioether (sulfide) groups is 1. The average molecular weight is 255 g/mol. The van der Waals surface area contributed by atoms with E-state index >= 15 is 0 Å². The van der Waals surface area contributed by atoms with Crippen LogP contribution in [-0.4, -0.2) is 35.5 Å². The maximum atomic E-state index is 11.4. The zero-order chi connectivity index (χ0) is 12.1. The molecule has 0 radical (unpaired) electrons. The Morgan fingerprint density at radius 3 is 3.06 bits per heavy atom. The molecule has 96 valence electrons. The van der Waals surface area contributed by atoms with E-state index in [1.807, 2.05) is 0 Å². The molecule has 1 heterocycles. The molecule has 5 heteroatoms. The molecule has 2 N–H and O–H groups in total. The van der Waals surface area contributed by atoms with E-state index < -0.39 is 0 Å². The van der Waals surface area contributed by atoms with Gasteiger partial charge in [-0.3, -0.25) is 9.79 Å². The van der Waals surface area contributed by atoms with Crippen LogP contribution < -0.4 is 10.6 Å². The first-order chi connectivity index (χ1) is 8.24. The summed E-state index contributed by atoms with van der Waals surface area (Å²) < 4.78 is 0. The maximum Gasteiger partial charge on any atom is 0.220 e. The van der Waals surface area contributed by atoms with E-state index in [9.17, 15) is 4.79 Å². The van der Waals surface area contributed by atoms with Crippen LogP contribution in [0.2, 0.25) is 0 Å². The molecule has 1 unspecified atom stereocenters. The van der Waals surface area contributed by atoms with Gasteiger partial charge in [0.25, 0.3) is 0 Å². The Balaban J connectivity index is 1.57. The average Bonchev–Trinajstić information content (AvgIpc) is 3.08. The summed E-state index contributed by atoms with van der Waals surface area (Å²) in [5, 5.41) is 7.40. The number of amidine groups is 1. The summed E-state index contributed by atoms with van der Waals surface area (Å²) in [5.74, 6) is 1.33. The molecule has 2 aliphatic rings. The van der Waals surface area contributed by atoms with Crippen LogP contribution in [-0.2, 0) is 4.79 Å². The quantitative estimate of drug-likeness (QED) is 0.732. The van der Waals surface area contributed by atoms with Gasteiger partial charge in [0.2, 0.25) is 5.91 Å². The lowest BCUT2D eigenvalue weighted by Crippen LogP contribution is -2.35. The molecular formula is C12H21N3OS. The summed E-state index contributed by atoms with van der Waals surface area (Å²) in [5.41, 5.74) is 0. The normalized spacial score (nSPS) is 26.6. The van der Waals surface area contributed by atoms with Crippen molar-refractivity contribution in [1.82, 2.24) is 10.6 Å². The second-order valence-corrected chi connectivity index (χ2v) is 5.90. The molecule has 2 fully saturated rings. The molecule has 1 atom stereocenters. The van der Waals surface area contributed by atoms with Gasteiger partial charge in [-0.05, 0) is 32.6 Å². The first-order valence-electron chi connectivity index (χ1n) is 6.47. The Morgan fingerprint density at radius 1 is 1.53 bits per heavy atom. The molecule has 0 bridgehead atoms. The number of carbonyl (C=O) groups is 1. The van der Waals surface area contributed by atoms with Crippen molar-refractivity contribution in [3.8, 4) is 0 Å².